The van der Waals surface area contributed by atoms with E-state index in [4.69, 9.17) is 4.74 Å². The fourth-order valence-corrected chi connectivity index (χ4v) is 3.60. The number of para-hydroxylation sites is 1. The van der Waals surface area contributed by atoms with E-state index in [9.17, 15) is 9.59 Å². The number of amides is 2. The molecule has 5 heteroatoms. The van der Waals surface area contributed by atoms with Gasteiger partial charge in [0.05, 0.1) is 11.3 Å². The minimum absolute atomic E-state index is 0.0323. The summed E-state index contributed by atoms with van der Waals surface area (Å²) in [5.74, 6) is 0.376. The quantitative estimate of drug-likeness (QED) is 0.730. The zero-order valence-corrected chi connectivity index (χ0v) is 18.4. The second-order valence-corrected chi connectivity index (χ2v) is 8.82. The highest BCUT2D eigenvalue weighted by atomic mass is 16.5. The Morgan fingerprint density at radius 2 is 1.67 bits per heavy atom. The van der Waals surface area contributed by atoms with Crippen molar-refractivity contribution in [2.24, 2.45) is 0 Å². The topological polar surface area (TPSA) is 58.6 Å². The molecule has 1 heterocycles. The largest absolute Gasteiger partial charge is 0.481 e. The fourth-order valence-electron chi connectivity index (χ4n) is 3.60. The SMILES string of the molecule is CC[C@@H](Oc1ccc(C(C)(C)C)cc1)C(=O)Nc1ccccc1C(=O)N1CCCC1. The Balaban J connectivity index is 1.70. The van der Waals surface area contributed by atoms with Gasteiger partial charge in [-0.3, -0.25) is 9.59 Å². The van der Waals surface area contributed by atoms with Crippen molar-refractivity contribution in [3.05, 3.63) is 59.7 Å². The molecule has 0 radical (unpaired) electrons. The molecule has 0 saturated carbocycles. The van der Waals surface area contributed by atoms with Crippen molar-refractivity contribution in [1.82, 2.24) is 4.90 Å². The number of nitrogens with zero attached hydrogens (tertiary/aromatic N) is 1. The molecule has 3 rings (SSSR count). The van der Waals surface area contributed by atoms with Gasteiger partial charge in [0.1, 0.15) is 5.75 Å². The van der Waals surface area contributed by atoms with Gasteiger partial charge in [0.25, 0.3) is 11.8 Å². The van der Waals surface area contributed by atoms with E-state index in [-0.39, 0.29) is 17.2 Å². The first-order valence-corrected chi connectivity index (χ1v) is 10.8. The first-order chi connectivity index (χ1) is 14.3. The third-order valence-corrected chi connectivity index (χ3v) is 5.47. The lowest BCUT2D eigenvalue weighted by atomic mass is 9.87. The molecule has 2 aromatic carbocycles. The van der Waals surface area contributed by atoms with Gasteiger partial charge in [0.15, 0.2) is 6.10 Å². The molecule has 30 heavy (non-hydrogen) atoms. The molecular weight excluding hydrogens is 376 g/mol. The van der Waals surface area contributed by atoms with Crippen LogP contribution >= 0.6 is 0 Å². The minimum Gasteiger partial charge on any atom is -0.481 e. The van der Waals surface area contributed by atoms with Crippen molar-refractivity contribution in [2.45, 2.75) is 58.5 Å². The molecule has 1 N–H and O–H groups in total. The summed E-state index contributed by atoms with van der Waals surface area (Å²) in [7, 11) is 0. The van der Waals surface area contributed by atoms with Crippen LogP contribution in [0.3, 0.4) is 0 Å². The number of ether oxygens (including phenoxy) is 1. The maximum absolute atomic E-state index is 12.9. The van der Waals surface area contributed by atoms with Crippen LogP contribution in [-0.2, 0) is 10.2 Å². The second-order valence-electron chi connectivity index (χ2n) is 8.82. The number of carbonyl (C=O) groups excluding carboxylic acids is 2. The van der Waals surface area contributed by atoms with E-state index in [0.29, 0.717) is 23.4 Å². The Bertz CT molecular complexity index is 878. The summed E-state index contributed by atoms with van der Waals surface area (Å²) in [6, 6.07) is 15.1. The average Bonchev–Trinajstić information content (AvgIpc) is 3.26. The Morgan fingerprint density at radius 1 is 1.03 bits per heavy atom. The van der Waals surface area contributed by atoms with Gasteiger partial charge in [-0.05, 0) is 54.5 Å². The van der Waals surface area contributed by atoms with Gasteiger partial charge in [-0.1, -0.05) is 52.0 Å². The average molecular weight is 409 g/mol. The molecule has 0 aromatic heterocycles. The molecule has 2 amide bonds. The number of carbonyl (C=O) groups is 2. The summed E-state index contributed by atoms with van der Waals surface area (Å²) in [5.41, 5.74) is 2.33. The maximum Gasteiger partial charge on any atom is 0.265 e. The van der Waals surface area contributed by atoms with E-state index >= 15 is 0 Å². The lowest BCUT2D eigenvalue weighted by molar-refractivity contribution is -0.122. The number of hydrogen-bond acceptors (Lipinski definition) is 3. The molecule has 2 aromatic rings. The van der Waals surface area contributed by atoms with E-state index in [1.807, 2.05) is 48.2 Å². The predicted molar refractivity (Wildman–Crippen MR) is 120 cm³/mol. The highest BCUT2D eigenvalue weighted by molar-refractivity contribution is 6.04. The molecule has 0 unspecified atom stereocenters. The molecule has 1 atom stereocenters. The highest BCUT2D eigenvalue weighted by Crippen LogP contribution is 2.25. The third-order valence-electron chi connectivity index (χ3n) is 5.47. The molecule has 1 saturated heterocycles. The van der Waals surface area contributed by atoms with Crippen molar-refractivity contribution in [1.29, 1.82) is 0 Å². The summed E-state index contributed by atoms with van der Waals surface area (Å²) in [4.78, 5) is 27.6. The van der Waals surface area contributed by atoms with Crippen LogP contribution in [-0.4, -0.2) is 35.9 Å². The van der Waals surface area contributed by atoms with Crippen LogP contribution in [0.25, 0.3) is 0 Å². The summed E-state index contributed by atoms with van der Waals surface area (Å²) in [6.07, 6.45) is 1.94. The molecule has 0 aliphatic carbocycles. The number of hydrogen-bond donors (Lipinski definition) is 1. The molecule has 1 aliphatic heterocycles. The number of likely N-dealkylation sites (tertiary alicyclic amines) is 1. The standard InChI is InChI=1S/C25H32N2O3/c1-5-22(30-19-14-12-18(13-15-19)25(2,3)4)23(28)26-21-11-7-6-10-20(21)24(29)27-16-8-9-17-27/h6-7,10-15,22H,5,8-9,16-17H2,1-4H3,(H,26,28)/t22-/m1/s1. The molecule has 5 nitrogen and oxygen atoms in total. The van der Waals surface area contributed by atoms with Crippen LogP contribution in [0, 0.1) is 0 Å². The smallest absolute Gasteiger partial charge is 0.265 e. The summed E-state index contributed by atoms with van der Waals surface area (Å²) < 4.78 is 5.96. The monoisotopic (exact) mass is 408 g/mol. The van der Waals surface area contributed by atoms with Gasteiger partial charge >= 0.3 is 0 Å². The van der Waals surface area contributed by atoms with Crippen molar-refractivity contribution in [2.75, 3.05) is 18.4 Å². The van der Waals surface area contributed by atoms with E-state index in [0.717, 1.165) is 25.9 Å². The Kier molecular flexibility index (Phi) is 6.80. The summed E-state index contributed by atoms with van der Waals surface area (Å²) in [6.45, 7) is 9.93. The van der Waals surface area contributed by atoms with E-state index in [1.165, 1.54) is 5.56 Å². The fraction of sp³-hybridized carbons (Fsp3) is 0.440. The molecular formula is C25H32N2O3. The predicted octanol–water partition coefficient (Wildman–Crippen LogP) is 5.02. The molecule has 0 bridgehead atoms. The van der Waals surface area contributed by atoms with Crippen molar-refractivity contribution >= 4 is 17.5 Å². The molecule has 160 valence electrons. The zero-order valence-electron chi connectivity index (χ0n) is 18.4. The van der Waals surface area contributed by atoms with Crippen LogP contribution < -0.4 is 10.1 Å². The maximum atomic E-state index is 12.9. The first kappa shape index (κ1) is 21.9. The number of benzene rings is 2. The van der Waals surface area contributed by atoms with Crippen molar-refractivity contribution < 1.29 is 14.3 Å². The summed E-state index contributed by atoms with van der Waals surface area (Å²) >= 11 is 0. The second kappa shape index (κ2) is 9.33. The van der Waals surface area contributed by atoms with E-state index < -0.39 is 6.10 Å². The van der Waals surface area contributed by atoms with Gasteiger partial charge in [-0.25, -0.2) is 0 Å². The van der Waals surface area contributed by atoms with Crippen molar-refractivity contribution in [3.8, 4) is 5.75 Å². The van der Waals surface area contributed by atoms with Gasteiger partial charge < -0.3 is 15.0 Å². The number of anilines is 1. The van der Waals surface area contributed by atoms with Crippen LogP contribution in [0.2, 0.25) is 0 Å². The third kappa shape index (κ3) is 5.21. The number of nitrogens with one attached hydrogen (secondary N) is 1. The minimum atomic E-state index is -0.638. The van der Waals surface area contributed by atoms with Gasteiger partial charge in [-0.2, -0.15) is 0 Å². The Hall–Kier alpha value is -2.82. The zero-order chi connectivity index (χ0) is 21.7. The molecule has 1 aliphatic rings. The highest BCUT2D eigenvalue weighted by Gasteiger charge is 2.24. The molecule has 0 spiro atoms. The lowest BCUT2D eigenvalue weighted by Gasteiger charge is -2.22. The first-order valence-electron chi connectivity index (χ1n) is 10.8. The van der Waals surface area contributed by atoms with Gasteiger partial charge in [0.2, 0.25) is 0 Å². The Morgan fingerprint density at radius 3 is 2.27 bits per heavy atom. The normalized spacial score (nSPS) is 15.0. The molecule has 1 fully saturated rings. The lowest BCUT2D eigenvalue weighted by Crippen LogP contribution is -2.34. The van der Waals surface area contributed by atoms with E-state index in [2.05, 4.69) is 26.1 Å². The Labute approximate surface area is 179 Å². The van der Waals surface area contributed by atoms with Gasteiger partial charge in [-0.15, -0.1) is 0 Å². The van der Waals surface area contributed by atoms with Crippen LogP contribution in [0.4, 0.5) is 5.69 Å². The van der Waals surface area contributed by atoms with E-state index in [1.54, 1.807) is 12.1 Å². The van der Waals surface area contributed by atoms with Crippen LogP contribution in [0.15, 0.2) is 48.5 Å². The van der Waals surface area contributed by atoms with Gasteiger partial charge in [0, 0.05) is 13.1 Å². The van der Waals surface area contributed by atoms with Crippen LogP contribution in [0.1, 0.15) is 62.9 Å². The number of rotatable bonds is 6. The van der Waals surface area contributed by atoms with Crippen molar-refractivity contribution in [3.63, 3.8) is 0 Å². The van der Waals surface area contributed by atoms with Crippen LogP contribution in [0.5, 0.6) is 5.75 Å². The summed E-state index contributed by atoms with van der Waals surface area (Å²) in [5, 5.41) is 2.91.